The highest BCUT2D eigenvalue weighted by molar-refractivity contribution is 6.00. The summed E-state index contributed by atoms with van der Waals surface area (Å²) >= 11 is 0. The molecule has 2 aliphatic heterocycles. The molecule has 0 bridgehead atoms. The Morgan fingerprint density at radius 2 is 1.74 bits per heavy atom. The lowest BCUT2D eigenvalue weighted by atomic mass is 9.80. The van der Waals surface area contributed by atoms with Crippen LogP contribution in [0.2, 0.25) is 0 Å². The molecule has 0 spiro atoms. The summed E-state index contributed by atoms with van der Waals surface area (Å²) in [6.45, 7) is 5.73. The quantitative estimate of drug-likeness (QED) is 0.307. The molecule has 0 aromatic heterocycles. The van der Waals surface area contributed by atoms with Crippen molar-refractivity contribution in [2.45, 2.75) is 45.3 Å². The zero-order valence-corrected chi connectivity index (χ0v) is 22.5. The molecule has 4 rings (SSSR count). The predicted octanol–water partition coefficient (Wildman–Crippen LogP) is 4.63. The van der Waals surface area contributed by atoms with Crippen LogP contribution in [0.3, 0.4) is 0 Å². The monoisotopic (exact) mass is 541 g/mol. The second-order valence-electron chi connectivity index (χ2n) is 9.37. The Labute approximate surface area is 228 Å². The van der Waals surface area contributed by atoms with Crippen molar-refractivity contribution < 1.29 is 24.0 Å². The standard InChI is InChI=1S/C28H31N3O6.ClH/c1-18-24(27(32)36-3)26(21-11-7-12-22(15-21)31(34)35)25(19(2)29-18)28(33)37-23-13-8-14-30(17-23)16-20-9-5-4-6-10-20;/h4-7,9-12,15,23,26,29H,8,13-14,16-17H2,1-3H3;1H/t23?,26-;/m1./s1. The Morgan fingerprint density at radius 1 is 1.05 bits per heavy atom. The van der Waals surface area contributed by atoms with Crippen LogP contribution in [0.25, 0.3) is 0 Å². The summed E-state index contributed by atoms with van der Waals surface area (Å²) in [7, 11) is 1.26. The molecular weight excluding hydrogens is 510 g/mol. The number of carbonyl (C=O) groups excluding carboxylic acids is 2. The molecule has 1 fully saturated rings. The van der Waals surface area contributed by atoms with E-state index in [1.54, 1.807) is 26.0 Å². The normalized spacial score (nSPS) is 19.8. The van der Waals surface area contributed by atoms with Crippen LogP contribution in [0.5, 0.6) is 0 Å². The summed E-state index contributed by atoms with van der Waals surface area (Å²) in [5.74, 6) is -2.04. The van der Waals surface area contributed by atoms with E-state index in [2.05, 4.69) is 22.3 Å². The first kappa shape index (κ1) is 28.9. The summed E-state index contributed by atoms with van der Waals surface area (Å²) in [6, 6.07) is 16.1. The summed E-state index contributed by atoms with van der Waals surface area (Å²) in [6.07, 6.45) is 1.31. The van der Waals surface area contributed by atoms with Gasteiger partial charge < -0.3 is 14.8 Å². The van der Waals surface area contributed by atoms with Crippen molar-refractivity contribution in [1.29, 1.82) is 0 Å². The van der Waals surface area contributed by atoms with Crippen molar-refractivity contribution in [3.05, 3.63) is 98.4 Å². The van der Waals surface area contributed by atoms with Crippen LogP contribution < -0.4 is 5.32 Å². The van der Waals surface area contributed by atoms with Gasteiger partial charge in [0.05, 0.1) is 29.1 Å². The number of nitrogens with one attached hydrogen (secondary N) is 1. The van der Waals surface area contributed by atoms with E-state index in [4.69, 9.17) is 9.47 Å². The SMILES string of the molecule is COC(=O)C1=C(C)NC(C)=C(C(=O)OC2CCCN(Cc3ccccc3)C2)[C@@H]1c1cccc([N+](=O)[O-])c1.Cl. The van der Waals surface area contributed by atoms with Crippen molar-refractivity contribution in [1.82, 2.24) is 10.2 Å². The summed E-state index contributed by atoms with van der Waals surface area (Å²) < 4.78 is 11.0. The average Bonchev–Trinajstić information content (AvgIpc) is 2.88. The van der Waals surface area contributed by atoms with E-state index in [0.717, 1.165) is 25.9 Å². The molecule has 2 aromatic carbocycles. The van der Waals surface area contributed by atoms with Gasteiger partial charge in [-0.3, -0.25) is 15.0 Å². The second kappa shape index (κ2) is 12.7. The minimum Gasteiger partial charge on any atom is -0.466 e. The summed E-state index contributed by atoms with van der Waals surface area (Å²) in [4.78, 5) is 39.7. The van der Waals surface area contributed by atoms with Gasteiger partial charge in [0.2, 0.25) is 0 Å². The first-order valence-electron chi connectivity index (χ1n) is 12.3. The van der Waals surface area contributed by atoms with Crippen molar-refractivity contribution in [2.75, 3.05) is 20.2 Å². The lowest BCUT2D eigenvalue weighted by Crippen LogP contribution is -2.41. The van der Waals surface area contributed by atoms with Crippen LogP contribution in [0.15, 0.2) is 77.1 Å². The zero-order chi connectivity index (χ0) is 26.5. The van der Waals surface area contributed by atoms with Crippen LogP contribution in [0.4, 0.5) is 5.69 Å². The van der Waals surface area contributed by atoms with Gasteiger partial charge >= 0.3 is 11.9 Å². The summed E-state index contributed by atoms with van der Waals surface area (Å²) in [5, 5.41) is 14.6. The number of hydrogen-bond acceptors (Lipinski definition) is 8. The Hall–Kier alpha value is -3.69. The fourth-order valence-corrected chi connectivity index (χ4v) is 5.11. The number of likely N-dealkylation sites (tertiary alicyclic amines) is 1. The number of methoxy groups -OCH3 is 1. The average molecular weight is 542 g/mol. The molecule has 2 aromatic rings. The number of ether oxygens (including phenoxy) is 2. The first-order valence-corrected chi connectivity index (χ1v) is 12.3. The molecule has 38 heavy (non-hydrogen) atoms. The number of benzene rings is 2. The van der Waals surface area contributed by atoms with Gasteiger partial charge in [-0.05, 0) is 44.4 Å². The predicted molar refractivity (Wildman–Crippen MR) is 144 cm³/mol. The molecule has 2 atom stereocenters. The van der Waals surface area contributed by atoms with Crippen molar-refractivity contribution in [3.63, 3.8) is 0 Å². The third kappa shape index (κ3) is 6.41. The van der Waals surface area contributed by atoms with Crippen LogP contribution in [0, 0.1) is 10.1 Å². The molecule has 1 N–H and O–H groups in total. The van der Waals surface area contributed by atoms with E-state index in [1.165, 1.54) is 24.8 Å². The Bertz CT molecular complexity index is 1260. The highest BCUT2D eigenvalue weighted by Crippen LogP contribution is 2.40. The minimum absolute atomic E-state index is 0. The van der Waals surface area contributed by atoms with Crippen molar-refractivity contribution >= 4 is 30.0 Å². The van der Waals surface area contributed by atoms with Gasteiger partial charge in [-0.2, -0.15) is 0 Å². The van der Waals surface area contributed by atoms with Gasteiger partial charge in [-0.1, -0.05) is 42.5 Å². The molecular formula is C28H32ClN3O6. The molecule has 202 valence electrons. The highest BCUT2D eigenvalue weighted by Gasteiger charge is 2.39. The molecule has 0 radical (unpaired) electrons. The number of non-ortho nitro benzene ring substituents is 1. The molecule has 1 saturated heterocycles. The van der Waals surface area contributed by atoms with Gasteiger partial charge in [0.1, 0.15) is 6.10 Å². The number of allylic oxidation sites excluding steroid dienone is 2. The number of esters is 2. The molecule has 2 aliphatic rings. The van der Waals surface area contributed by atoms with Gasteiger partial charge in [0.25, 0.3) is 5.69 Å². The van der Waals surface area contributed by atoms with Crippen LogP contribution in [-0.2, 0) is 25.6 Å². The number of dihydropyridines is 1. The maximum Gasteiger partial charge on any atom is 0.337 e. The van der Waals surface area contributed by atoms with Gasteiger partial charge in [0.15, 0.2) is 0 Å². The second-order valence-corrected chi connectivity index (χ2v) is 9.37. The Morgan fingerprint density at radius 3 is 2.39 bits per heavy atom. The van der Waals surface area contributed by atoms with Crippen LogP contribution in [0.1, 0.15) is 43.7 Å². The van der Waals surface area contributed by atoms with E-state index >= 15 is 0 Å². The minimum atomic E-state index is -0.870. The number of nitro groups is 1. The molecule has 0 aliphatic carbocycles. The number of nitrogens with zero attached hydrogens (tertiary/aromatic N) is 2. The van der Waals surface area contributed by atoms with E-state index < -0.39 is 22.8 Å². The third-order valence-electron chi connectivity index (χ3n) is 6.78. The van der Waals surface area contributed by atoms with Gasteiger partial charge in [-0.15, -0.1) is 12.4 Å². The van der Waals surface area contributed by atoms with E-state index in [-0.39, 0.29) is 35.3 Å². The number of carbonyl (C=O) groups is 2. The Balaban J connectivity index is 0.00000400. The maximum atomic E-state index is 13.7. The lowest BCUT2D eigenvalue weighted by molar-refractivity contribution is -0.384. The maximum absolute atomic E-state index is 13.7. The van der Waals surface area contributed by atoms with Gasteiger partial charge in [0, 0.05) is 36.6 Å². The fourth-order valence-electron chi connectivity index (χ4n) is 5.11. The Kier molecular flexibility index (Phi) is 9.66. The smallest absolute Gasteiger partial charge is 0.337 e. The number of rotatable bonds is 7. The van der Waals surface area contributed by atoms with E-state index in [1.807, 2.05) is 18.2 Å². The van der Waals surface area contributed by atoms with Crippen LogP contribution >= 0.6 is 12.4 Å². The topological polar surface area (TPSA) is 111 Å². The van der Waals surface area contributed by atoms with Crippen LogP contribution in [-0.4, -0.2) is 48.1 Å². The van der Waals surface area contributed by atoms with Crippen molar-refractivity contribution in [3.8, 4) is 0 Å². The van der Waals surface area contributed by atoms with Gasteiger partial charge in [-0.25, -0.2) is 9.59 Å². The number of nitro benzene ring substituents is 1. The van der Waals surface area contributed by atoms with Crippen molar-refractivity contribution in [2.24, 2.45) is 0 Å². The molecule has 0 saturated carbocycles. The van der Waals surface area contributed by atoms with E-state index in [9.17, 15) is 19.7 Å². The first-order chi connectivity index (χ1) is 17.8. The third-order valence-corrected chi connectivity index (χ3v) is 6.78. The zero-order valence-electron chi connectivity index (χ0n) is 21.6. The largest absolute Gasteiger partial charge is 0.466 e. The molecule has 0 amide bonds. The number of halogens is 1. The fraction of sp³-hybridized carbons (Fsp3) is 0.357. The molecule has 1 unspecified atom stereocenters. The summed E-state index contributed by atoms with van der Waals surface area (Å²) in [5.41, 5.74) is 3.01. The van der Waals surface area contributed by atoms with E-state index in [0.29, 0.717) is 23.5 Å². The molecule has 10 heteroatoms. The molecule has 9 nitrogen and oxygen atoms in total. The number of piperidine rings is 1. The molecule has 2 heterocycles. The lowest BCUT2D eigenvalue weighted by Gasteiger charge is -2.34. The number of hydrogen-bond donors (Lipinski definition) is 1. The highest BCUT2D eigenvalue weighted by atomic mass is 35.5.